The molecule has 0 unspecified atom stereocenters. The van der Waals surface area contributed by atoms with Crippen molar-refractivity contribution < 1.29 is 36.7 Å². The first-order valence-electron chi connectivity index (χ1n) is 12.2. The molecule has 198 valence electrons. The van der Waals surface area contributed by atoms with Crippen LogP contribution in [0.5, 0.6) is 0 Å². The van der Waals surface area contributed by atoms with Crippen molar-refractivity contribution in [2.75, 3.05) is 19.7 Å². The van der Waals surface area contributed by atoms with Gasteiger partial charge in [0.25, 0.3) is 0 Å². The fraction of sp³-hybridized carbons (Fsp3) is 0.640. The molecule has 0 spiro atoms. The van der Waals surface area contributed by atoms with Crippen molar-refractivity contribution in [1.29, 1.82) is 0 Å². The Balaban J connectivity index is 1.56. The van der Waals surface area contributed by atoms with E-state index < -0.39 is 29.1 Å². The summed E-state index contributed by atoms with van der Waals surface area (Å²) in [4.78, 5) is 26.3. The van der Waals surface area contributed by atoms with Gasteiger partial charge in [0.1, 0.15) is 16.9 Å². The molecule has 1 amide bonds. The highest BCUT2D eigenvalue weighted by molar-refractivity contribution is 5.92. The number of halogens is 3. The summed E-state index contributed by atoms with van der Waals surface area (Å²) in [5.74, 6) is -1.77. The average Bonchev–Trinajstić information content (AvgIpc) is 3.35. The molecule has 3 heterocycles. The standard InChI is InChI=1S/C25H32F3N3O5/c1-6-34-22(32)21-19(25(26,27)28)18-17(35-21)11-14(2)16-13-31(29-20(16)18)12-15-7-9-30(10-8-15)23(33)36-24(3,4)5/h13-15H,6-12H2,1-5H3/t14-/m1/s1. The van der Waals surface area contributed by atoms with Gasteiger partial charge in [0.15, 0.2) is 0 Å². The first kappa shape index (κ1) is 26.1. The van der Waals surface area contributed by atoms with Gasteiger partial charge < -0.3 is 18.8 Å². The van der Waals surface area contributed by atoms with Gasteiger partial charge in [-0.3, -0.25) is 4.68 Å². The molecule has 8 nitrogen and oxygen atoms in total. The molecule has 1 fully saturated rings. The number of esters is 1. The third kappa shape index (κ3) is 5.24. The van der Waals surface area contributed by atoms with Gasteiger partial charge in [-0.25, -0.2) is 9.59 Å². The predicted octanol–water partition coefficient (Wildman–Crippen LogP) is 5.65. The number of carbonyl (C=O) groups excluding carboxylic acids is 2. The van der Waals surface area contributed by atoms with Gasteiger partial charge in [-0.05, 0) is 52.4 Å². The molecule has 1 aliphatic carbocycles. The maximum atomic E-state index is 14.1. The number of aromatic nitrogens is 2. The van der Waals surface area contributed by atoms with E-state index in [0.29, 0.717) is 25.2 Å². The summed E-state index contributed by atoms with van der Waals surface area (Å²) >= 11 is 0. The number of likely N-dealkylation sites (tertiary alicyclic amines) is 1. The Morgan fingerprint density at radius 1 is 1.19 bits per heavy atom. The van der Waals surface area contributed by atoms with Crippen LogP contribution in [0.25, 0.3) is 11.3 Å². The number of rotatable bonds is 4. The number of amides is 1. The highest BCUT2D eigenvalue weighted by Crippen LogP contribution is 2.48. The van der Waals surface area contributed by atoms with Crippen LogP contribution < -0.4 is 0 Å². The number of hydrogen-bond acceptors (Lipinski definition) is 6. The third-order valence-corrected chi connectivity index (χ3v) is 6.49. The van der Waals surface area contributed by atoms with Crippen molar-refractivity contribution >= 4 is 12.1 Å². The summed E-state index contributed by atoms with van der Waals surface area (Å²) in [6.45, 7) is 10.4. The second kappa shape index (κ2) is 9.48. The molecule has 0 bridgehead atoms. The molecule has 1 saturated heterocycles. The Hall–Kier alpha value is -2.98. The number of nitrogens with zero attached hydrogens (tertiary/aromatic N) is 3. The highest BCUT2D eigenvalue weighted by Gasteiger charge is 2.46. The van der Waals surface area contributed by atoms with Gasteiger partial charge in [-0.1, -0.05) is 6.92 Å². The van der Waals surface area contributed by atoms with E-state index in [9.17, 15) is 22.8 Å². The van der Waals surface area contributed by atoms with Crippen molar-refractivity contribution in [2.24, 2.45) is 5.92 Å². The van der Waals surface area contributed by atoms with Crippen LogP contribution in [-0.2, 0) is 28.6 Å². The Morgan fingerprint density at radius 3 is 2.44 bits per heavy atom. The second-order valence-corrected chi connectivity index (χ2v) is 10.5. The van der Waals surface area contributed by atoms with Gasteiger partial charge >= 0.3 is 18.2 Å². The minimum Gasteiger partial charge on any atom is -0.460 e. The van der Waals surface area contributed by atoms with E-state index in [1.165, 1.54) is 6.92 Å². The van der Waals surface area contributed by atoms with Crippen molar-refractivity contribution in [3.63, 3.8) is 0 Å². The van der Waals surface area contributed by atoms with Crippen molar-refractivity contribution in [1.82, 2.24) is 14.7 Å². The summed E-state index contributed by atoms with van der Waals surface area (Å²) in [5, 5.41) is 4.53. The lowest BCUT2D eigenvalue weighted by molar-refractivity contribution is -0.138. The van der Waals surface area contributed by atoms with E-state index in [4.69, 9.17) is 13.9 Å². The average molecular weight is 512 g/mol. The normalized spacial score (nSPS) is 18.6. The lowest BCUT2D eigenvalue weighted by Gasteiger charge is -2.33. The van der Waals surface area contributed by atoms with E-state index in [2.05, 4.69) is 5.10 Å². The topological polar surface area (TPSA) is 86.8 Å². The molecular weight excluding hydrogens is 479 g/mol. The van der Waals surface area contributed by atoms with Crippen molar-refractivity contribution in [3.05, 3.63) is 28.8 Å². The molecule has 2 aliphatic rings. The number of fused-ring (bicyclic) bond motifs is 3. The van der Waals surface area contributed by atoms with Gasteiger partial charge in [0.2, 0.25) is 5.76 Å². The summed E-state index contributed by atoms with van der Waals surface area (Å²) in [6.07, 6.45) is -1.66. The fourth-order valence-corrected chi connectivity index (χ4v) is 4.85. The molecule has 0 saturated carbocycles. The van der Waals surface area contributed by atoms with E-state index in [1.807, 2.05) is 27.7 Å². The van der Waals surface area contributed by atoms with Crippen LogP contribution in [0.1, 0.15) is 80.8 Å². The van der Waals surface area contributed by atoms with Gasteiger partial charge in [-0.2, -0.15) is 18.3 Å². The molecule has 1 atom stereocenters. The van der Waals surface area contributed by atoms with Crippen molar-refractivity contribution in [3.8, 4) is 11.3 Å². The smallest absolute Gasteiger partial charge is 0.421 e. The third-order valence-electron chi connectivity index (χ3n) is 6.49. The molecule has 36 heavy (non-hydrogen) atoms. The zero-order valence-electron chi connectivity index (χ0n) is 21.2. The quantitative estimate of drug-likeness (QED) is 0.494. The van der Waals surface area contributed by atoms with Crippen LogP contribution in [0.2, 0.25) is 0 Å². The molecule has 11 heteroatoms. The molecule has 2 aromatic rings. The Kier molecular flexibility index (Phi) is 6.87. The molecule has 0 aromatic carbocycles. The van der Waals surface area contributed by atoms with Crippen LogP contribution in [0, 0.1) is 5.92 Å². The monoisotopic (exact) mass is 511 g/mol. The van der Waals surface area contributed by atoms with Crippen LogP contribution >= 0.6 is 0 Å². The number of furan rings is 1. The molecule has 2 aromatic heterocycles. The Morgan fingerprint density at radius 2 is 1.86 bits per heavy atom. The number of carbonyl (C=O) groups is 2. The zero-order chi connectivity index (χ0) is 26.4. The maximum Gasteiger partial charge on any atom is 0.421 e. The summed E-state index contributed by atoms with van der Waals surface area (Å²) < 4.78 is 59.7. The van der Waals surface area contributed by atoms with Gasteiger partial charge in [0, 0.05) is 37.8 Å². The first-order valence-corrected chi connectivity index (χ1v) is 12.2. The highest BCUT2D eigenvalue weighted by atomic mass is 19.4. The van der Waals surface area contributed by atoms with E-state index in [0.717, 1.165) is 12.8 Å². The van der Waals surface area contributed by atoms with Crippen molar-refractivity contribution in [2.45, 2.75) is 78.1 Å². The van der Waals surface area contributed by atoms with E-state index in [1.54, 1.807) is 15.8 Å². The number of piperidine rings is 1. The van der Waals surface area contributed by atoms with Crippen LogP contribution in [-0.4, -0.2) is 52.0 Å². The maximum absolute atomic E-state index is 14.1. The molecule has 1 aliphatic heterocycles. The summed E-state index contributed by atoms with van der Waals surface area (Å²) in [7, 11) is 0. The zero-order valence-corrected chi connectivity index (χ0v) is 21.2. The Labute approximate surface area is 207 Å². The van der Waals surface area contributed by atoms with E-state index >= 15 is 0 Å². The predicted molar refractivity (Wildman–Crippen MR) is 124 cm³/mol. The van der Waals surface area contributed by atoms with Crippen LogP contribution in [0.3, 0.4) is 0 Å². The number of hydrogen-bond donors (Lipinski definition) is 0. The van der Waals surface area contributed by atoms with E-state index in [-0.39, 0.29) is 48.0 Å². The largest absolute Gasteiger partial charge is 0.460 e. The van der Waals surface area contributed by atoms with Gasteiger partial charge in [-0.15, -0.1) is 0 Å². The molecule has 0 N–H and O–H groups in total. The lowest BCUT2D eigenvalue weighted by atomic mass is 9.86. The SMILES string of the molecule is CCOC(=O)c1oc2c(c1C(F)(F)F)-c1nn(CC3CCN(C(=O)OC(C)(C)C)CC3)cc1[C@H](C)C2. The Bertz CT molecular complexity index is 1140. The molecular formula is C25H32F3N3O5. The molecule has 4 rings (SSSR count). The minimum atomic E-state index is -4.81. The first-order chi connectivity index (χ1) is 16.8. The fourth-order valence-electron chi connectivity index (χ4n) is 4.85. The van der Waals surface area contributed by atoms with Crippen LogP contribution in [0.4, 0.5) is 18.0 Å². The lowest BCUT2D eigenvalue weighted by Crippen LogP contribution is -2.42. The second-order valence-electron chi connectivity index (χ2n) is 10.5. The summed E-state index contributed by atoms with van der Waals surface area (Å²) in [5.41, 5.74) is -0.971. The number of alkyl halides is 3. The number of ether oxygens (including phenoxy) is 2. The summed E-state index contributed by atoms with van der Waals surface area (Å²) in [6, 6.07) is 0. The van der Waals surface area contributed by atoms with Crippen LogP contribution in [0.15, 0.2) is 10.6 Å². The minimum absolute atomic E-state index is 0.0650. The van der Waals surface area contributed by atoms with Gasteiger partial charge in [0.05, 0.1) is 17.9 Å². The molecule has 0 radical (unpaired) electrons.